The van der Waals surface area contributed by atoms with Gasteiger partial charge in [0.1, 0.15) is 0 Å². The minimum absolute atomic E-state index is 0.252. The van der Waals surface area contributed by atoms with Crippen molar-refractivity contribution in [2.24, 2.45) is 0 Å². The lowest BCUT2D eigenvalue weighted by molar-refractivity contribution is -0.137. The fourth-order valence-electron chi connectivity index (χ4n) is 2.35. The highest BCUT2D eigenvalue weighted by Crippen LogP contribution is 2.35. The molecule has 0 heterocycles. The summed E-state index contributed by atoms with van der Waals surface area (Å²) in [5.74, 6) is -0.252. The first-order valence-corrected chi connectivity index (χ1v) is 6.72. The Morgan fingerprint density at radius 3 is 3.06 bits per heavy atom. The minimum Gasteiger partial charge on any atom is -0.463 e. The molecule has 2 nitrogen and oxygen atoms in total. The Hall–Kier alpha value is -1.28. The lowest BCUT2D eigenvalue weighted by atomic mass is 9.86. The van der Waals surface area contributed by atoms with Gasteiger partial charge in [-0.15, -0.1) is 0 Å². The summed E-state index contributed by atoms with van der Waals surface area (Å²) in [6, 6.07) is 0. The van der Waals surface area contributed by atoms with E-state index in [2.05, 4.69) is 0 Å². The van der Waals surface area contributed by atoms with Gasteiger partial charge in [-0.2, -0.15) is 0 Å². The largest absolute Gasteiger partial charge is 0.463 e. The molecular formula is C15H17ClO2. The van der Waals surface area contributed by atoms with E-state index in [4.69, 9.17) is 16.3 Å². The Morgan fingerprint density at radius 2 is 2.28 bits per heavy atom. The van der Waals surface area contributed by atoms with Crippen LogP contribution in [0.4, 0.5) is 0 Å². The molecule has 3 heteroatoms. The lowest BCUT2D eigenvalue weighted by Crippen LogP contribution is -2.06. The van der Waals surface area contributed by atoms with Gasteiger partial charge in [-0.25, -0.2) is 4.79 Å². The van der Waals surface area contributed by atoms with Crippen molar-refractivity contribution < 1.29 is 9.53 Å². The molecule has 0 saturated heterocycles. The van der Waals surface area contributed by atoms with Crippen LogP contribution in [0.2, 0.25) is 0 Å². The molecule has 0 bridgehead atoms. The minimum atomic E-state index is -0.252. The Labute approximate surface area is 113 Å². The van der Waals surface area contributed by atoms with Crippen molar-refractivity contribution in [3.8, 4) is 0 Å². The van der Waals surface area contributed by atoms with E-state index in [-0.39, 0.29) is 5.97 Å². The molecule has 0 spiro atoms. The topological polar surface area (TPSA) is 26.3 Å². The molecule has 0 aromatic rings. The smallest absolute Gasteiger partial charge is 0.331 e. The van der Waals surface area contributed by atoms with Gasteiger partial charge in [-0.3, -0.25) is 0 Å². The molecule has 2 rings (SSSR count). The fourth-order valence-corrected chi connectivity index (χ4v) is 2.49. The molecule has 0 fully saturated rings. The van der Waals surface area contributed by atoms with Gasteiger partial charge in [0.25, 0.3) is 0 Å². The monoisotopic (exact) mass is 264 g/mol. The molecule has 0 unspecified atom stereocenters. The van der Waals surface area contributed by atoms with E-state index in [0.29, 0.717) is 6.61 Å². The first kappa shape index (κ1) is 13.2. The summed E-state index contributed by atoms with van der Waals surface area (Å²) in [6.45, 7) is 2.23. The molecule has 0 radical (unpaired) electrons. The molecule has 0 saturated carbocycles. The van der Waals surface area contributed by atoms with Crippen LogP contribution >= 0.6 is 11.6 Å². The summed E-state index contributed by atoms with van der Waals surface area (Å²) in [5, 5.41) is 0.764. The van der Waals surface area contributed by atoms with Crippen LogP contribution in [-0.4, -0.2) is 12.6 Å². The standard InChI is InChI=1S/C15H17ClO2/c1-2-18-15(17)10-12-5-3-4-11-6-7-13(16)8-9-14(11)12/h7-10H,2-6H2,1H3. The van der Waals surface area contributed by atoms with Gasteiger partial charge >= 0.3 is 5.97 Å². The van der Waals surface area contributed by atoms with Crippen LogP contribution < -0.4 is 0 Å². The van der Waals surface area contributed by atoms with Crippen LogP contribution in [-0.2, 0) is 9.53 Å². The zero-order valence-electron chi connectivity index (χ0n) is 10.5. The molecule has 2 aliphatic carbocycles. The molecule has 0 atom stereocenters. The van der Waals surface area contributed by atoms with Crippen molar-refractivity contribution in [1.29, 1.82) is 0 Å². The third-order valence-electron chi connectivity index (χ3n) is 3.18. The van der Waals surface area contributed by atoms with E-state index < -0.39 is 0 Å². The number of hydrogen-bond acceptors (Lipinski definition) is 2. The second kappa shape index (κ2) is 6.05. The van der Waals surface area contributed by atoms with Crippen molar-refractivity contribution in [3.05, 3.63) is 46.1 Å². The van der Waals surface area contributed by atoms with Crippen molar-refractivity contribution in [3.63, 3.8) is 0 Å². The summed E-state index contributed by atoms with van der Waals surface area (Å²) in [5.41, 5.74) is 3.61. The Kier molecular flexibility index (Phi) is 4.43. The molecule has 0 aromatic carbocycles. The summed E-state index contributed by atoms with van der Waals surface area (Å²) in [4.78, 5) is 11.6. The maximum absolute atomic E-state index is 11.6. The highest BCUT2D eigenvalue weighted by Gasteiger charge is 2.17. The van der Waals surface area contributed by atoms with Gasteiger partial charge in [-0.1, -0.05) is 29.3 Å². The zero-order chi connectivity index (χ0) is 13.0. The number of ether oxygens (including phenoxy) is 1. The van der Waals surface area contributed by atoms with Crippen LogP contribution in [0.1, 0.15) is 32.6 Å². The number of rotatable bonds is 2. The predicted octanol–water partition coefficient (Wildman–Crippen LogP) is 4.04. The van der Waals surface area contributed by atoms with Gasteiger partial charge in [0.15, 0.2) is 0 Å². The molecule has 0 aliphatic heterocycles. The van der Waals surface area contributed by atoms with E-state index in [0.717, 1.165) is 36.3 Å². The van der Waals surface area contributed by atoms with E-state index >= 15 is 0 Å². The Balaban J connectivity index is 2.27. The van der Waals surface area contributed by atoms with Crippen molar-refractivity contribution >= 4 is 17.6 Å². The van der Waals surface area contributed by atoms with Gasteiger partial charge in [0.05, 0.1) is 6.61 Å². The number of hydrogen-bond donors (Lipinski definition) is 0. The van der Waals surface area contributed by atoms with E-state index in [1.165, 1.54) is 11.1 Å². The van der Waals surface area contributed by atoms with Crippen molar-refractivity contribution in [2.75, 3.05) is 6.61 Å². The highest BCUT2D eigenvalue weighted by atomic mass is 35.5. The van der Waals surface area contributed by atoms with E-state index in [1.807, 2.05) is 25.2 Å². The average Bonchev–Trinajstić information content (AvgIpc) is 2.53. The third-order valence-corrected chi connectivity index (χ3v) is 3.46. The first-order valence-electron chi connectivity index (χ1n) is 6.34. The zero-order valence-corrected chi connectivity index (χ0v) is 11.3. The Bertz CT molecular complexity index is 467. The predicted molar refractivity (Wildman–Crippen MR) is 73.3 cm³/mol. The van der Waals surface area contributed by atoms with Gasteiger partial charge in [0, 0.05) is 11.1 Å². The molecule has 0 amide bonds. The number of allylic oxidation sites excluding steroid dienone is 7. The number of halogens is 1. The van der Waals surface area contributed by atoms with Gasteiger partial charge in [-0.05, 0) is 49.8 Å². The first-order chi connectivity index (χ1) is 8.70. The lowest BCUT2D eigenvalue weighted by Gasteiger charge is -2.19. The van der Waals surface area contributed by atoms with Crippen molar-refractivity contribution in [1.82, 2.24) is 0 Å². The fraction of sp³-hybridized carbons (Fsp3) is 0.400. The normalized spacial score (nSPS) is 21.4. The second-order valence-electron chi connectivity index (χ2n) is 4.42. The van der Waals surface area contributed by atoms with Crippen LogP contribution in [0.15, 0.2) is 46.1 Å². The summed E-state index contributed by atoms with van der Waals surface area (Å²) < 4.78 is 4.98. The third kappa shape index (κ3) is 3.14. The summed E-state index contributed by atoms with van der Waals surface area (Å²) in [7, 11) is 0. The quantitative estimate of drug-likeness (QED) is 0.556. The molecule has 0 N–H and O–H groups in total. The Morgan fingerprint density at radius 1 is 1.44 bits per heavy atom. The van der Waals surface area contributed by atoms with Crippen LogP contribution in [0.25, 0.3) is 0 Å². The average molecular weight is 265 g/mol. The number of carbonyl (C=O) groups excluding carboxylic acids is 1. The second-order valence-corrected chi connectivity index (χ2v) is 4.86. The van der Waals surface area contributed by atoms with Crippen LogP contribution in [0, 0.1) is 0 Å². The highest BCUT2D eigenvalue weighted by molar-refractivity contribution is 6.31. The van der Waals surface area contributed by atoms with Gasteiger partial charge < -0.3 is 4.74 Å². The molecular weight excluding hydrogens is 248 g/mol. The molecule has 0 aromatic heterocycles. The van der Waals surface area contributed by atoms with Gasteiger partial charge in [0.2, 0.25) is 0 Å². The molecule has 18 heavy (non-hydrogen) atoms. The van der Waals surface area contributed by atoms with E-state index in [9.17, 15) is 4.79 Å². The molecule has 96 valence electrons. The maximum Gasteiger partial charge on any atom is 0.331 e. The number of esters is 1. The SMILES string of the molecule is CCOC(=O)C=C1CCCC2=C1C=CC(Cl)=CC2. The molecule has 2 aliphatic rings. The van der Waals surface area contributed by atoms with E-state index in [1.54, 1.807) is 6.08 Å². The number of carbonyl (C=O) groups is 1. The van der Waals surface area contributed by atoms with Crippen LogP contribution in [0.5, 0.6) is 0 Å². The maximum atomic E-state index is 11.6. The summed E-state index contributed by atoms with van der Waals surface area (Å²) in [6.07, 6.45) is 11.5. The van der Waals surface area contributed by atoms with Crippen LogP contribution in [0.3, 0.4) is 0 Å². The summed E-state index contributed by atoms with van der Waals surface area (Å²) >= 11 is 6.03. The van der Waals surface area contributed by atoms with Crippen molar-refractivity contribution in [2.45, 2.75) is 32.6 Å².